The fraction of sp³-hybridized carbons (Fsp3) is 0. The van der Waals surface area contributed by atoms with Crippen LogP contribution in [-0.2, 0) is 0 Å². The Morgan fingerprint density at radius 2 is 1.61 bits per heavy atom. The summed E-state index contributed by atoms with van der Waals surface area (Å²) in [6.07, 6.45) is 1.08. The van der Waals surface area contributed by atoms with Crippen LogP contribution in [-0.4, -0.2) is 12.0 Å². The smallest absolute Gasteiger partial charge is 0.205 e. The summed E-state index contributed by atoms with van der Waals surface area (Å²) in [4.78, 5) is 11.4. The number of nitrogens with two attached hydrogens (primary N) is 1. The third kappa shape index (κ3) is 2.95. The Kier molecular flexibility index (Phi) is 3.71. The van der Waals surface area contributed by atoms with Gasteiger partial charge in [0, 0.05) is 5.56 Å². The van der Waals surface area contributed by atoms with Gasteiger partial charge in [-0.3, -0.25) is 4.79 Å². The van der Waals surface area contributed by atoms with Gasteiger partial charge in [-0.05, 0) is 36.4 Å². The summed E-state index contributed by atoms with van der Waals surface area (Å²) in [6, 6.07) is 16.2. The Bertz CT molecular complexity index is 548. The van der Waals surface area contributed by atoms with E-state index in [1.54, 1.807) is 24.3 Å². The van der Waals surface area contributed by atoms with E-state index in [2.05, 4.69) is 5.10 Å². The van der Waals surface area contributed by atoms with Gasteiger partial charge in [0.05, 0.1) is 6.21 Å². The first-order valence-corrected chi connectivity index (χ1v) is 5.40. The van der Waals surface area contributed by atoms with E-state index in [4.69, 9.17) is 10.6 Å². The predicted molar refractivity (Wildman–Crippen MR) is 70.0 cm³/mol. The number of hydrogen-bond acceptors (Lipinski definition) is 4. The molecule has 4 nitrogen and oxygen atoms in total. The van der Waals surface area contributed by atoms with E-state index in [1.807, 2.05) is 30.3 Å². The number of carbonyl (C=O) groups is 1. The number of hydrogen-bond donors (Lipinski definition) is 1. The molecule has 0 radical (unpaired) electrons. The highest BCUT2D eigenvalue weighted by atomic mass is 16.5. The number of para-hydroxylation sites is 1. The van der Waals surface area contributed by atoms with Crippen molar-refractivity contribution in [3.05, 3.63) is 60.2 Å². The van der Waals surface area contributed by atoms with E-state index in [-0.39, 0.29) is 5.78 Å². The molecule has 2 aromatic rings. The molecule has 0 heterocycles. The van der Waals surface area contributed by atoms with Gasteiger partial charge in [-0.2, -0.15) is 5.10 Å². The van der Waals surface area contributed by atoms with Gasteiger partial charge < -0.3 is 10.6 Å². The van der Waals surface area contributed by atoms with E-state index < -0.39 is 0 Å². The zero-order chi connectivity index (χ0) is 12.8. The second kappa shape index (κ2) is 5.63. The van der Waals surface area contributed by atoms with Crippen LogP contribution < -0.4 is 10.6 Å². The summed E-state index contributed by atoms with van der Waals surface area (Å²) >= 11 is 0. The van der Waals surface area contributed by atoms with Crippen molar-refractivity contribution < 1.29 is 9.53 Å². The van der Waals surface area contributed by atoms with Crippen molar-refractivity contribution in [2.24, 2.45) is 10.9 Å². The maximum Gasteiger partial charge on any atom is 0.205 e. The van der Waals surface area contributed by atoms with Gasteiger partial charge in [-0.15, -0.1) is 0 Å². The van der Waals surface area contributed by atoms with Crippen molar-refractivity contribution in [1.29, 1.82) is 0 Å². The molecule has 0 amide bonds. The second-order valence-corrected chi connectivity index (χ2v) is 3.58. The highest BCUT2D eigenvalue weighted by Gasteiger charge is 2.03. The summed E-state index contributed by atoms with van der Waals surface area (Å²) in [5.74, 6) is 6.11. The van der Waals surface area contributed by atoms with Crippen LogP contribution >= 0.6 is 0 Å². The van der Waals surface area contributed by atoms with E-state index in [0.717, 1.165) is 12.0 Å². The van der Waals surface area contributed by atoms with E-state index in [0.29, 0.717) is 11.3 Å². The topological polar surface area (TPSA) is 64.7 Å². The fourth-order valence-corrected chi connectivity index (χ4v) is 1.45. The zero-order valence-corrected chi connectivity index (χ0v) is 9.61. The summed E-state index contributed by atoms with van der Waals surface area (Å²) < 4.78 is 5.60. The quantitative estimate of drug-likeness (QED) is 0.386. The molecule has 0 saturated carbocycles. The lowest BCUT2D eigenvalue weighted by atomic mass is 10.1. The molecular weight excluding hydrogens is 228 g/mol. The molecule has 18 heavy (non-hydrogen) atoms. The van der Waals surface area contributed by atoms with Gasteiger partial charge in [0.2, 0.25) is 5.78 Å². The molecule has 2 N–H and O–H groups in total. The molecule has 0 atom stereocenters. The fourth-order valence-electron chi connectivity index (χ4n) is 1.45. The van der Waals surface area contributed by atoms with Crippen LogP contribution in [0.15, 0.2) is 59.7 Å². The van der Waals surface area contributed by atoms with Crippen LogP contribution in [0.5, 0.6) is 11.5 Å². The summed E-state index contributed by atoms with van der Waals surface area (Å²) in [7, 11) is 0. The first kappa shape index (κ1) is 11.9. The molecule has 0 spiro atoms. The Hall–Kier alpha value is -2.62. The van der Waals surface area contributed by atoms with Gasteiger partial charge in [0.15, 0.2) is 0 Å². The molecule has 2 aromatic carbocycles. The molecule has 0 bridgehead atoms. The maximum absolute atomic E-state index is 11.4. The van der Waals surface area contributed by atoms with Crippen LogP contribution in [0.3, 0.4) is 0 Å². The Balaban J connectivity index is 2.11. The van der Waals surface area contributed by atoms with Crippen molar-refractivity contribution in [3.8, 4) is 11.5 Å². The molecule has 0 aliphatic carbocycles. The highest BCUT2D eigenvalue weighted by Crippen LogP contribution is 2.21. The molecule has 0 unspecified atom stereocenters. The van der Waals surface area contributed by atoms with Crippen LogP contribution in [0.4, 0.5) is 0 Å². The predicted octanol–water partition coefficient (Wildman–Crippen LogP) is 2.61. The van der Waals surface area contributed by atoms with Gasteiger partial charge in [-0.1, -0.05) is 18.2 Å². The lowest BCUT2D eigenvalue weighted by Gasteiger charge is -2.05. The molecule has 0 saturated heterocycles. The average molecular weight is 240 g/mol. The number of carbonyl (C=O) groups excluding carboxylic acids is 1. The Morgan fingerprint density at radius 1 is 1.00 bits per heavy atom. The lowest BCUT2D eigenvalue weighted by molar-refractivity contribution is 0.107. The number of ether oxygens (including phenoxy) is 1. The van der Waals surface area contributed by atoms with Gasteiger partial charge in [-0.25, -0.2) is 0 Å². The molecule has 0 aliphatic heterocycles. The molecule has 4 heteroatoms. The van der Waals surface area contributed by atoms with Crippen molar-refractivity contribution in [3.63, 3.8) is 0 Å². The first-order valence-electron chi connectivity index (χ1n) is 5.40. The van der Waals surface area contributed by atoms with Crippen molar-refractivity contribution in [1.82, 2.24) is 0 Å². The minimum atomic E-state index is -0.233. The summed E-state index contributed by atoms with van der Waals surface area (Å²) in [6.45, 7) is 0. The number of hydrazone groups is 1. The lowest BCUT2D eigenvalue weighted by Crippen LogP contribution is -2.01. The third-order valence-corrected chi connectivity index (χ3v) is 2.31. The van der Waals surface area contributed by atoms with Crippen molar-refractivity contribution in [2.75, 3.05) is 0 Å². The standard InChI is InChI=1S/C14H12N2O2/c15-16-10-14(17)11-6-8-13(9-7-11)18-12-4-2-1-3-5-12/h1-10H,15H2/b16-10-. The van der Waals surface area contributed by atoms with Crippen LogP contribution in [0.2, 0.25) is 0 Å². The monoisotopic (exact) mass is 240 g/mol. The zero-order valence-electron chi connectivity index (χ0n) is 9.61. The Labute approximate surface area is 105 Å². The second-order valence-electron chi connectivity index (χ2n) is 3.58. The number of Topliss-reactive ketones (excluding diaryl/α,β-unsaturated/α-hetero) is 1. The molecule has 0 fully saturated rings. The normalized spacial score (nSPS) is 10.4. The van der Waals surface area contributed by atoms with Gasteiger partial charge in [0.1, 0.15) is 11.5 Å². The summed E-state index contributed by atoms with van der Waals surface area (Å²) in [5, 5.41) is 3.20. The highest BCUT2D eigenvalue weighted by molar-refractivity contribution is 6.35. The maximum atomic E-state index is 11.4. The number of nitrogens with zero attached hydrogens (tertiary/aromatic N) is 1. The van der Waals surface area contributed by atoms with E-state index in [1.165, 1.54) is 0 Å². The number of ketones is 1. The van der Waals surface area contributed by atoms with E-state index in [9.17, 15) is 4.79 Å². The number of rotatable bonds is 4. The SMILES string of the molecule is N/N=C\C(=O)c1ccc(Oc2ccccc2)cc1. The minimum absolute atomic E-state index is 0.233. The first-order chi connectivity index (χ1) is 8.79. The largest absolute Gasteiger partial charge is 0.457 e. The van der Waals surface area contributed by atoms with Crippen LogP contribution in [0.25, 0.3) is 0 Å². The molecule has 90 valence electrons. The van der Waals surface area contributed by atoms with Crippen molar-refractivity contribution in [2.45, 2.75) is 0 Å². The number of benzene rings is 2. The third-order valence-electron chi connectivity index (χ3n) is 2.31. The summed E-state index contributed by atoms with van der Waals surface area (Å²) in [5.41, 5.74) is 0.518. The average Bonchev–Trinajstić information content (AvgIpc) is 2.41. The van der Waals surface area contributed by atoms with Gasteiger partial charge in [0.25, 0.3) is 0 Å². The van der Waals surface area contributed by atoms with Gasteiger partial charge >= 0.3 is 0 Å². The van der Waals surface area contributed by atoms with Crippen molar-refractivity contribution >= 4 is 12.0 Å². The van der Waals surface area contributed by atoms with Crippen LogP contribution in [0.1, 0.15) is 10.4 Å². The van der Waals surface area contributed by atoms with Crippen LogP contribution in [0, 0.1) is 0 Å². The molecule has 2 rings (SSSR count). The van der Waals surface area contributed by atoms with E-state index >= 15 is 0 Å². The molecular formula is C14H12N2O2. The molecule has 0 aliphatic rings. The Morgan fingerprint density at radius 3 is 2.22 bits per heavy atom. The molecule has 0 aromatic heterocycles. The minimum Gasteiger partial charge on any atom is -0.457 e.